The first-order valence-corrected chi connectivity index (χ1v) is 16.2. The van der Waals surface area contributed by atoms with Crippen molar-refractivity contribution in [2.24, 2.45) is 0 Å². The molecule has 0 aliphatic rings. The van der Waals surface area contributed by atoms with E-state index >= 15 is 0 Å². The molecule has 0 saturated heterocycles. The van der Waals surface area contributed by atoms with Gasteiger partial charge in [0.2, 0.25) is 0 Å². The molecule has 0 amide bonds. The Balaban J connectivity index is 1.64. The van der Waals surface area contributed by atoms with Gasteiger partial charge in [-0.25, -0.2) is 0 Å². The Kier molecular flexibility index (Phi) is 19.1. The van der Waals surface area contributed by atoms with Crippen LogP contribution in [0.3, 0.4) is 0 Å². The van der Waals surface area contributed by atoms with Gasteiger partial charge in [0.05, 0.1) is 0 Å². The summed E-state index contributed by atoms with van der Waals surface area (Å²) < 4.78 is 10.9. The maximum Gasteiger partial charge on any atom is 0.311 e. The lowest BCUT2D eigenvalue weighted by atomic mass is 10.1. The molecule has 0 aliphatic carbocycles. The van der Waals surface area contributed by atoms with Crippen molar-refractivity contribution >= 4 is 11.9 Å². The van der Waals surface area contributed by atoms with Crippen LogP contribution in [0.25, 0.3) is 0 Å². The fourth-order valence-electron chi connectivity index (χ4n) is 4.59. The summed E-state index contributed by atoms with van der Waals surface area (Å²) in [7, 11) is 0. The smallest absolute Gasteiger partial charge is 0.311 e. The summed E-state index contributed by atoms with van der Waals surface area (Å²) in [5, 5.41) is 0. The Hall–Kier alpha value is -3.50. The highest BCUT2D eigenvalue weighted by Crippen LogP contribution is 2.16. The minimum atomic E-state index is -0.185. The summed E-state index contributed by atoms with van der Waals surface area (Å²) in [5.41, 5.74) is 1.59. The average molecular weight is 571 g/mol. The maximum absolute atomic E-state index is 12.1. The van der Waals surface area contributed by atoms with Crippen molar-refractivity contribution in [2.75, 3.05) is 0 Å². The largest absolute Gasteiger partial charge is 0.427 e. The summed E-state index contributed by atoms with van der Waals surface area (Å²) in [6.45, 7) is 4.45. The van der Waals surface area contributed by atoms with Crippen molar-refractivity contribution in [3.8, 4) is 35.2 Å². The van der Waals surface area contributed by atoms with Crippen LogP contribution in [0.2, 0.25) is 0 Å². The van der Waals surface area contributed by atoms with E-state index in [0.29, 0.717) is 24.3 Å². The normalized spacial score (nSPS) is 10.2. The fraction of sp³-hybridized carbons (Fsp3) is 0.526. The molecule has 0 unspecified atom stereocenters. The second-order valence-electron chi connectivity index (χ2n) is 10.9. The third-order valence-corrected chi connectivity index (χ3v) is 7.12. The molecule has 4 nitrogen and oxygen atoms in total. The minimum Gasteiger partial charge on any atom is -0.427 e. The Morgan fingerprint density at radius 3 is 1.12 bits per heavy atom. The number of hydrogen-bond donors (Lipinski definition) is 0. The van der Waals surface area contributed by atoms with Gasteiger partial charge in [0.1, 0.15) is 11.5 Å². The van der Waals surface area contributed by atoms with Gasteiger partial charge < -0.3 is 9.47 Å². The Labute approximate surface area is 255 Å². The molecule has 0 fully saturated rings. The van der Waals surface area contributed by atoms with Crippen molar-refractivity contribution in [3.05, 3.63) is 59.7 Å². The summed E-state index contributed by atoms with van der Waals surface area (Å²) in [6.07, 6.45) is 20.1. The van der Waals surface area contributed by atoms with E-state index < -0.39 is 0 Å². The summed E-state index contributed by atoms with van der Waals surface area (Å²) in [4.78, 5) is 24.2. The molecule has 0 radical (unpaired) electrons. The Morgan fingerprint density at radius 1 is 0.476 bits per heavy atom. The molecule has 2 rings (SSSR count). The Bertz CT molecular complexity index is 1050. The molecule has 0 bridgehead atoms. The van der Waals surface area contributed by atoms with Gasteiger partial charge in [-0.1, -0.05) is 116 Å². The van der Waals surface area contributed by atoms with E-state index in [4.69, 9.17) is 9.47 Å². The maximum atomic E-state index is 12.1. The molecule has 0 aliphatic heterocycles. The van der Waals surface area contributed by atoms with Crippen LogP contribution in [-0.4, -0.2) is 11.9 Å². The first kappa shape index (κ1) is 34.7. The van der Waals surface area contributed by atoms with Gasteiger partial charge in [-0.05, 0) is 73.2 Å². The molecule has 2 aromatic rings. The average Bonchev–Trinajstić information content (AvgIpc) is 2.99. The number of esters is 2. The van der Waals surface area contributed by atoms with E-state index in [9.17, 15) is 9.59 Å². The van der Waals surface area contributed by atoms with E-state index in [-0.39, 0.29) is 11.9 Å². The third kappa shape index (κ3) is 17.3. The van der Waals surface area contributed by atoms with Crippen LogP contribution in [0, 0.1) is 23.7 Å². The van der Waals surface area contributed by atoms with Crippen LogP contribution in [0.4, 0.5) is 0 Å². The van der Waals surface area contributed by atoms with E-state index in [1.807, 2.05) is 24.3 Å². The number of benzene rings is 2. The second kappa shape index (κ2) is 23.1. The van der Waals surface area contributed by atoms with Crippen LogP contribution < -0.4 is 9.47 Å². The predicted octanol–water partition coefficient (Wildman–Crippen LogP) is 9.96. The van der Waals surface area contributed by atoms with Crippen LogP contribution in [0.15, 0.2) is 48.5 Å². The van der Waals surface area contributed by atoms with Crippen molar-refractivity contribution < 1.29 is 19.1 Å². The molecule has 0 spiro atoms. The van der Waals surface area contributed by atoms with Crippen molar-refractivity contribution in [3.63, 3.8) is 0 Å². The lowest BCUT2D eigenvalue weighted by molar-refractivity contribution is -0.135. The summed E-state index contributed by atoms with van der Waals surface area (Å²) in [6, 6.07) is 14.3. The van der Waals surface area contributed by atoms with Crippen LogP contribution in [0.5, 0.6) is 11.5 Å². The van der Waals surface area contributed by atoms with Crippen molar-refractivity contribution in [1.29, 1.82) is 0 Å². The molecule has 0 heterocycles. The van der Waals surface area contributed by atoms with E-state index in [1.165, 1.54) is 77.0 Å². The van der Waals surface area contributed by atoms with Gasteiger partial charge >= 0.3 is 11.9 Å². The Morgan fingerprint density at radius 2 is 0.786 bits per heavy atom. The zero-order valence-electron chi connectivity index (χ0n) is 26.0. The summed E-state index contributed by atoms with van der Waals surface area (Å²) >= 11 is 0. The molecule has 0 saturated carbocycles. The van der Waals surface area contributed by atoms with E-state index in [0.717, 1.165) is 36.8 Å². The lowest BCUT2D eigenvalue weighted by Gasteiger charge is -2.05. The first-order chi connectivity index (χ1) is 20.6. The zero-order chi connectivity index (χ0) is 30.1. The van der Waals surface area contributed by atoms with Crippen molar-refractivity contribution in [1.82, 2.24) is 0 Å². The molecule has 226 valence electrons. The number of carbonyl (C=O) groups excluding carboxylic acids is 2. The molecule has 0 atom stereocenters. The highest BCUT2D eigenvalue weighted by molar-refractivity contribution is 5.72. The molecule has 4 heteroatoms. The topological polar surface area (TPSA) is 52.6 Å². The van der Waals surface area contributed by atoms with Gasteiger partial charge in [-0.3, -0.25) is 9.59 Å². The quantitative estimate of drug-likeness (QED) is 0.0688. The van der Waals surface area contributed by atoms with Crippen molar-refractivity contribution in [2.45, 2.75) is 129 Å². The fourth-order valence-corrected chi connectivity index (χ4v) is 4.59. The molecule has 0 N–H and O–H groups in total. The number of rotatable bonds is 20. The van der Waals surface area contributed by atoms with Gasteiger partial charge in [0.25, 0.3) is 0 Å². The molecular formula is C38H50O4. The van der Waals surface area contributed by atoms with Crippen LogP contribution >= 0.6 is 0 Å². The SMILES string of the molecule is CCCCCCCCCCC(=O)Oc1ccc(C#CC#Cc2ccc(OC(=O)CCCCCCCCCC)cc2)cc1. The number of unbranched alkanes of at least 4 members (excludes halogenated alkanes) is 14. The van der Waals surface area contributed by atoms with Gasteiger partial charge in [0, 0.05) is 24.0 Å². The number of ether oxygens (including phenoxy) is 2. The number of hydrogen-bond acceptors (Lipinski definition) is 4. The van der Waals surface area contributed by atoms with E-state index in [1.54, 1.807) is 24.3 Å². The van der Waals surface area contributed by atoms with Gasteiger partial charge in [-0.2, -0.15) is 0 Å². The molecule has 42 heavy (non-hydrogen) atoms. The minimum absolute atomic E-state index is 0.185. The molecular weight excluding hydrogens is 520 g/mol. The first-order valence-electron chi connectivity index (χ1n) is 16.2. The van der Waals surface area contributed by atoms with E-state index in [2.05, 4.69) is 37.5 Å². The standard InChI is InChI=1S/C38H50O4/c1-3-5-7-9-11-13-15-17-23-37(39)41-35-29-25-33(26-30-35)21-19-20-22-34-27-31-36(32-28-34)42-38(40)24-18-16-14-12-10-8-6-4-2/h25-32H,3-18,23-24H2,1-2H3. The highest BCUT2D eigenvalue weighted by atomic mass is 16.5. The highest BCUT2D eigenvalue weighted by Gasteiger charge is 2.06. The number of carbonyl (C=O) groups is 2. The van der Waals surface area contributed by atoms with Gasteiger partial charge in [-0.15, -0.1) is 0 Å². The third-order valence-electron chi connectivity index (χ3n) is 7.12. The second-order valence-corrected chi connectivity index (χ2v) is 10.9. The summed E-state index contributed by atoms with van der Waals surface area (Å²) in [5.74, 6) is 12.4. The van der Waals surface area contributed by atoms with Crippen LogP contribution in [-0.2, 0) is 9.59 Å². The molecule has 2 aromatic carbocycles. The van der Waals surface area contributed by atoms with Gasteiger partial charge in [0.15, 0.2) is 0 Å². The lowest BCUT2D eigenvalue weighted by Crippen LogP contribution is -2.07. The zero-order valence-corrected chi connectivity index (χ0v) is 26.0. The van der Waals surface area contributed by atoms with Crippen LogP contribution in [0.1, 0.15) is 141 Å². The predicted molar refractivity (Wildman–Crippen MR) is 172 cm³/mol. The molecule has 0 aromatic heterocycles. The monoisotopic (exact) mass is 570 g/mol.